The molecule has 0 aliphatic heterocycles. The van der Waals surface area contributed by atoms with Crippen LogP contribution in [-0.4, -0.2) is 35.8 Å². The first-order chi connectivity index (χ1) is 12.1. The van der Waals surface area contributed by atoms with Gasteiger partial charge in [0.25, 0.3) is 0 Å². The van der Waals surface area contributed by atoms with Crippen molar-refractivity contribution in [2.24, 2.45) is 22.7 Å². The Labute approximate surface area is 155 Å². The van der Waals surface area contributed by atoms with Crippen LogP contribution in [-0.2, 0) is 14.3 Å². The standard InChI is InChI=1S/C18H32N4O4/c1-12(9-13-7-5-6-8-13)16(24)21-14(11-20-22-17(19)25)10-15(23)26-18(2,3)4/h11-14H,5-10H2,1-4H3,(H,21,24)(H3,19,22,25)/b20-11-/t12-,14-/m0/s1. The van der Waals surface area contributed by atoms with E-state index in [-0.39, 0.29) is 18.2 Å². The smallest absolute Gasteiger partial charge is 0.332 e. The van der Waals surface area contributed by atoms with Crippen LogP contribution in [0.5, 0.6) is 0 Å². The van der Waals surface area contributed by atoms with Crippen molar-refractivity contribution in [3.63, 3.8) is 0 Å². The molecule has 3 amide bonds. The lowest BCUT2D eigenvalue weighted by molar-refractivity contribution is -0.155. The maximum atomic E-state index is 12.5. The van der Waals surface area contributed by atoms with Gasteiger partial charge in [0.2, 0.25) is 5.91 Å². The Balaban J connectivity index is 2.63. The highest BCUT2D eigenvalue weighted by atomic mass is 16.6. The van der Waals surface area contributed by atoms with Crippen LogP contribution in [0.15, 0.2) is 5.10 Å². The molecule has 1 rings (SSSR count). The summed E-state index contributed by atoms with van der Waals surface area (Å²) in [6, 6.07) is -1.51. The van der Waals surface area contributed by atoms with Gasteiger partial charge in [-0.05, 0) is 33.1 Å². The highest BCUT2D eigenvalue weighted by Gasteiger charge is 2.25. The number of rotatable bonds is 8. The third-order valence-corrected chi connectivity index (χ3v) is 4.17. The third-order valence-electron chi connectivity index (χ3n) is 4.17. The van der Waals surface area contributed by atoms with E-state index in [1.165, 1.54) is 31.9 Å². The number of carbonyl (C=O) groups is 3. The highest BCUT2D eigenvalue weighted by Crippen LogP contribution is 2.30. The van der Waals surface area contributed by atoms with Gasteiger partial charge in [0.1, 0.15) is 5.60 Å². The summed E-state index contributed by atoms with van der Waals surface area (Å²) in [6.07, 6.45) is 6.84. The Hall–Kier alpha value is -2.12. The summed E-state index contributed by atoms with van der Waals surface area (Å²) in [4.78, 5) is 35.2. The average Bonchev–Trinajstić information content (AvgIpc) is 2.97. The second kappa shape index (κ2) is 10.1. The fourth-order valence-corrected chi connectivity index (χ4v) is 3.07. The van der Waals surface area contributed by atoms with E-state index in [2.05, 4.69) is 15.8 Å². The van der Waals surface area contributed by atoms with Gasteiger partial charge in [-0.2, -0.15) is 5.10 Å². The van der Waals surface area contributed by atoms with Crippen molar-refractivity contribution in [3.8, 4) is 0 Å². The van der Waals surface area contributed by atoms with Crippen LogP contribution in [0.2, 0.25) is 0 Å². The molecule has 1 aliphatic rings. The van der Waals surface area contributed by atoms with Gasteiger partial charge in [0.15, 0.2) is 0 Å². The minimum absolute atomic E-state index is 0.0803. The quantitative estimate of drug-likeness (QED) is 0.345. The Kier molecular flexibility index (Phi) is 8.54. The minimum atomic E-state index is -0.821. The van der Waals surface area contributed by atoms with Crippen molar-refractivity contribution in [3.05, 3.63) is 0 Å². The summed E-state index contributed by atoms with van der Waals surface area (Å²) < 4.78 is 5.28. The van der Waals surface area contributed by atoms with Crippen molar-refractivity contribution in [1.82, 2.24) is 10.7 Å². The maximum absolute atomic E-state index is 12.5. The van der Waals surface area contributed by atoms with E-state index in [4.69, 9.17) is 10.5 Å². The molecular formula is C18H32N4O4. The molecule has 8 nitrogen and oxygen atoms in total. The number of nitrogens with zero attached hydrogens (tertiary/aromatic N) is 1. The van der Waals surface area contributed by atoms with E-state index in [9.17, 15) is 14.4 Å². The number of amides is 3. The number of hydrogen-bond acceptors (Lipinski definition) is 5. The first-order valence-electron chi connectivity index (χ1n) is 9.17. The van der Waals surface area contributed by atoms with Crippen molar-refractivity contribution < 1.29 is 19.1 Å². The Bertz CT molecular complexity index is 522. The van der Waals surface area contributed by atoms with Gasteiger partial charge < -0.3 is 15.8 Å². The van der Waals surface area contributed by atoms with Gasteiger partial charge in [-0.1, -0.05) is 32.6 Å². The molecule has 0 radical (unpaired) electrons. The zero-order chi connectivity index (χ0) is 19.7. The molecule has 26 heavy (non-hydrogen) atoms. The third kappa shape index (κ3) is 9.39. The zero-order valence-corrected chi connectivity index (χ0v) is 16.2. The number of hydrogen-bond donors (Lipinski definition) is 3. The monoisotopic (exact) mass is 368 g/mol. The van der Waals surface area contributed by atoms with Crippen LogP contribution in [0.4, 0.5) is 4.79 Å². The van der Waals surface area contributed by atoms with E-state index in [0.717, 1.165) is 6.42 Å². The molecule has 0 saturated heterocycles. The number of urea groups is 1. The van der Waals surface area contributed by atoms with Crippen molar-refractivity contribution >= 4 is 24.1 Å². The van der Waals surface area contributed by atoms with Gasteiger partial charge in [-0.3, -0.25) is 9.59 Å². The van der Waals surface area contributed by atoms with Gasteiger partial charge in [0, 0.05) is 12.1 Å². The minimum Gasteiger partial charge on any atom is -0.460 e. The molecule has 0 heterocycles. The molecule has 1 saturated carbocycles. The number of primary amides is 1. The molecule has 1 fully saturated rings. The number of esters is 1. The van der Waals surface area contributed by atoms with Crippen LogP contribution in [0, 0.1) is 11.8 Å². The molecule has 0 spiro atoms. The van der Waals surface area contributed by atoms with E-state index >= 15 is 0 Å². The zero-order valence-electron chi connectivity index (χ0n) is 16.2. The number of nitrogens with one attached hydrogen (secondary N) is 2. The number of carbonyl (C=O) groups excluding carboxylic acids is 3. The first-order valence-corrected chi connectivity index (χ1v) is 9.17. The largest absolute Gasteiger partial charge is 0.460 e. The lowest BCUT2D eigenvalue weighted by Crippen LogP contribution is -2.42. The van der Waals surface area contributed by atoms with Gasteiger partial charge in [-0.25, -0.2) is 10.2 Å². The molecule has 148 valence electrons. The van der Waals surface area contributed by atoms with E-state index < -0.39 is 23.6 Å². The predicted molar refractivity (Wildman–Crippen MR) is 99.3 cm³/mol. The van der Waals surface area contributed by atoms with Gasteiger partial charge in [0.05, 0.1) is 12.5 Å². The first kappa shape index (κ1) is 21.9. The SMILES string of the molecule is C[C@@H](CC1CCCC1)C(=O)N[C@H](/C=N\NC(N)=O)CC(=O)OC(C)(C)C. The summed E-state index contributed by atoms with van der Waals surface area (Å²) in [6.45, 7) is 7.19. The van der Waals surface area contributed by atoms with Crippen molar-refractivity contribution in [1.29, 1.82) is 0 Å². The van der Waals surface area contributed by atoms with Crippen LogP contribution >= 0.6 is 0 Å². The lowest BCUT2D eigenvalue weighted by atomic mass is 9.94. The normalized spacial score (nSPS) is 17.7. The highest BCUT2D eigenvalue weighted by molar-refractivity contribution is 5.85. The van der Waals surface area contributed by atoms with Gasteiger partial charge >= 0.3 is 12.0 Å². The second-order valence-electron chi connectivity index (χ2n) is 7.95. The molecule has 1 aliphatic carbocycles. The summed E-state index contributed by atoms with van der Waals surface area (Å²) in [5.74, 6) is -0.172. The Morgan fingerprint density at radius 2 is 1.88 bits per heavy atom. The topological polar surface area (TPSA) is 123 Å². The average molecular weight is 368 g/mol. The molecule has 0 aromatic carbocycles. The lowest BCUT2D eigenvalue weighted by Gasteiger charge is -2.22. The van der Waals surface area contributed by atoms with Crippen LogP contribution in [0.1, 0.15) is 66.2 Å². The summed E-state index contributed by atoms with van der Waals surface area (Å²) in [5, 5.41) is 6.46. The van der Waals surface area contributed by atoms with Gasteiger partial charge in [-0.15, -0.1) is 0 Å². The molecular weight excluding hydrogens is 336 g/mol. The Morgan fingerprint density at radius 3 is 2.42 bits per heavy atom. The molecule has 8 heteroatoms. The Morgan fingerprint density at radius 1 is 1.27 bits per heavy atom. The van der Waals surface area contributed by atoms with Crippen LogP contribution in [0.25, 0.3) is 0 Å². The molecule has 0 aromatic rings. The number of hydrazone groups is 1. The molecule has 0 aromatic heterocycles. The predicted octanol–water partition coefficient (Wildman–Crippen LogP) is 2.07. The summed E-state index contributed by atoms with van der Waals surface area (Å²) in [5.41, 5.74) is 6.40. The van der Waals surface area contributed by atoms with E-state index in [1.54, 1.807) is 20.8 Å². The van der Waals surface area contributed by atoms with E-state index in [0.29, 0.717) is 5.92 Å². The fourth-order valence-electron chi connectivity index (χ4n) is 3.07. The molecule has 2 atom stereocenters. The van der Waals surface area contributed by atoms with Crippen LogP contribution in [0.3, 0.4) is 0 Å². The summed E-state index contributed by atoms with van der Waals surface area (Å²) in [7, 11) is 0. The number of nitrogens with two attached hydrogens (primary N) is 1. The summed E-state index contributed by atoms with van der Waals surface area (Å²) >= 11 is 0. The van der Waals surface area contributed by atoms with Crippen molar-refractivity contribution in [2.75, 3.05) is 0 Å². The molecule has 0 bridgehead atoms. The maximum Gasteiger partial charge on any atom is 0.332 e. The molecule has 0 unspecified atom stereocenters. The van der Waals surface area contributed by atoms with Crippen molar-refractivity contribution in [2.45, 2.75) is 77.9 Å². The molecule has 4 N–H and O–H groups in total. The van der Waals surface area contributed by atoms with Crippen LogP contribution < -0.4 is 16.5 Å². The van der Waals surface area contributed by atoms with E-state index in [1.807, 2.05) is 6.92 Å². The number of ether oxygens (including phenoxy) is 1. The fraction of sp³-hybridized carbons (Fsp3) is 0.778. The second-order valence-corrected chi connectivity index (χ2v) is 7.95.